The van der Waals surface area contributed by atoms with Gasteiger partial charge in [-0.2, -0.15) is 0 Å². The maximum atomic E-state index is 14.9. The first-order valence-electron chi connectivity index (χ1n) is 35.1. The van der Waals surface area contributed by atoms with Gasteiger partial charge < -0.3 is 107 Å². The second-order valence-corrected chi connectivity index (χ2v) is 26.0. The molecule has 1 unspecified atom stereocenters. The summed E-state index contributed by atoms with van der Waals surface area (Å²) in [5.74, 6) is -13.7. The van der Waals surface area contributed by atoms with Crippen LogP contribution in [0.5, 0.6) is 5.75 Å². The van der Waals surface area contributed by atoms with Gasteiger partial charge >= 0.3 is 5.97 Å². The van der Waals surface area contributed by atoms with Gasteiger partial charge in [0.15, 0.2) is 0 Å². The van der Waals surface area contributed by atoms with Gasteiger partial charge in [0.1, 0.15) is 60.1 Å². The summed E-state index contributed by atoms with van der Waals surface area (Å²) in [7, 11) is 0. The summed E-state index contributed by atoms with van der Waals surface area (Å²) in [4.78, 5) is 198. The molecule has 3 aromatic carbocycles. The predicted molar refractivity (Wildman–Crippen MR) is 387 cm³/mol. The molecule has 5 aromatic rings. The molecule has 0 saturated heterocycles. The van der Waals surface area contributed by atoms with Crippen molar-refractivity contribution in [3.05, 3.63) is 102 Å². The summed E-state index contributed by atoms with van der Waals surface area (Å²) in [5, 5.41) is 49.5. The number of nitrogens with one attached hydrogen (secondary N) is 13. The van der Waals surface area contributed by atoms with Crippen molar-refractivity contribution in [2.45, 2.75) is 178 Å². The second-order valence-electron chi connectivity index (χ2n) is 26.0. The highest BCUT2D eigenvalue weighted by molar-refractivity contribution is 6.00. The van der Waals surface area contributed by atoms with Crippen molar-refractivity contribution in [2.75, 3.05) is 32.7 Å². The number of rotatable bonds is 47. The SMILES string of the molecule is CCC(C)CCC(=O)N[C@H](CC(N)=O)C(=O)N[C@H](Cc1ccc(O)cc1)C(=O)N[C@H](Cc1c[nH]c2ccccc12)C(=O)N[C@H](CCCN)C(=O)N[C@@H](CCCN)C(=O)NCC(=O)N[C@H](CCCN)C(=O)N[C@@H](Cc1c[nH]c2ccccc12)C(=O)N[C@@H](CC(=O)O)C(=O)N[C@H](C(=O)NCC(N)=O)[C@@H](C)CC. The van der Waals surface area contributed by atoms with E-state index < -0.39 is 169 Å². The number of carboxylic acid groups (broad SMARTS) is 1. The first kappa shape index (κ1) is 84.7. The zero-order valence-electron chi connectivity index (χ0n) is 59.6. The molecular weight excluding hydrogens is 1360 g/mol. The van der Waals surface area contributed by atoms with Crippen LogP contribution in [0.25, 0.3) is 21.8 Å². The van der Waals surface area contributed by atoms with E-state index in [0.29, 0.717) is 51.3 Å². The highest BCUT2D eigenvalue weighted by atomic mass is 16.4. The monoisotopic (exact) mass is 1460 g/mol. The number of nitrogens with two attached hydrogens (primary N) is 5. The molecule has 0 saturated carbocycles. The molecule has 34 nitrogen and oxygen atoms in total. The number of aromatic hydroxyl groups is 1. The van der Waals surface area contributed by atoms with Gasteiger partial charge in [-0.15, -0.1) is 0 Å². The summed E-state index contributed by atoms with van der Waals surface area (Å²) < 4.78 is 0. The van der Waals surface area contributed by atoms with Gasteiger partial charge in [0.05, 0.1) is 25.9 Å². The number of aromatic nitrogens is 2. The average molecular weight is 1460 g/mol. The number of phenolic OH excluding ortho intramolecular Hbond substituents is 1. The lowest BCUT2D eigenvalue weighted by atomic mass is 9.97. The number of H-pyrrole nitrogens is 2. The molecule has 11 atom stereocenters. The zero-order chi connectivity index (χ0) is 77.3. The molecule has 2 aromatic heterocycles. The van der Waals surface area contributed by atoms with Crippen molar-refractivity contribution in [1.29, 1.82) is 0 Å². The highest BCUT2D eigenvalue weighted by Gasteiger charge is 2.37. The van der Waals surface area contributed by atoms with E-state index in [9.17, 15) is 77.3 Å². The molecule has 0 spiro atoms. The maximum Gasteiger partial charge on any atom is 0.305 e. The molecule has 13 amide bonds. The normalized spacial score (nSPS) is 14.3. The van der Waals surface area contributed by atoms with Crippen LogP contribution in [0.2, 0.25) is 0 Å². The van der Waals surface area contributed by atoms with Gasteiger partial charge in [0.25, 0.3) is 0 Å². The minimum atomic E-state index is -1.83. The number of carbonyl (C=O) groups excluding carboxylic acids is 13. The fourth-order valence-electron chi connectivity index (χ4n) is 11.4. The third kappa shape index (κ3) is 27.9. The van der Waals surface area contributed by atoms with Crippen LogP contribution < -0.4 is 87.2 Å². The Labute approximate surface area is 607 Å². The van der Waals surface area contributed by atoms with Gasteiger partial charge in [-0.1, -0.05) is 89.1 Å². The standard InChI is InChI=1S/C71H102N18O16/c1-5-39(3)21-26-59(93)82-55(33-57(75)91)69(103)85-52(30-41-22-24-44(90)25-23-41)66(100)87-53(31-42-35-77-47-16-9-7-14-45(42)47)67(101)84-51(20-13-29-74)65(99)83-49(18-11-27-72)63(97)80-38-60(94)81-50(19-12-28-73)64(98)86-54(32-43-36-78-48-17-10-8-15-46(43)48)68(102)88-56(34-61(95)96)70(104)89-62(40(4)6-2)71(105)79-37-58(76)92/h7-10,14-17,22-25,35-36,39-40,49-56,62,77-78,90H,5-6,11-13,18-21,26-34,37-38,72-74H2,1-4H3,(H2,75,91)(H2,76,92)(H,79,105)(H,80,97)(H,81,94)(H,82,93)(H,83,99)(H,84,101)(H,85,103)(H,86,98)(H,87,100)(H,88,102)(H,89,104)(H,95,96)/t39?,40-,49-,50+,51+,52+,53+,54-,55+,56-,62-/m0/s1. The van der Waals surface area contributed by atoms with E-state index in [1.165, 1.54) is 24.3 Å². The van der Waals surface area contributed by atoms with Crippen LogP contribution in [-0.4, -0.2) is 190 Å². The highest BCUT2D eigenvalue weighted by Crippen LogP contribution is 2.22. The number of para-hydroxylation sites is 2. The van der Waals surface area contributed by atoms with E-state index in [1.54, 1.807) is 74.8 Å². The number of aliphatic carboxylic acids is 1. The van der Waals surface area contributed by atoms with Crippen LogP contribution in [0.4, 0.5) is 0 Å². The van der Waals surface area contributed by atoms with E-state index in [0.717, 1.165) is 6.42 Å². The number of benzene rings is 3. The average Bonchev–Trinajstić information content (AvgIpc) is 1.74. The number of aromatic amines is 2. The number of primary amides is 2. The third-order valence-corrected chi connectivity index (χ3v) is 17.8. The van der Waals surface area contributed by atoms with E-state index >= 15 is 0 Å². The fraction of sp³-hybridized carbons (Fsp3) is 0.493. The summed E-state index contributed by atoms with van der Waals surface area (Å²) in [6.45, 7) is 5.99. The smallest absolute Gasteiger partial charge is 0.305 e. The number of carboxylic acids is 1. The first-order chi connectivity index (χ1) is 50.1. The minimum Gasteiger partial charge on any atom is -0.508 e. The number of hydrogen-bond donors (Lipinski definition) is 20. The third-order valence-electron chi connectivity index (χ3n) is 17.8. The first-order valence-corrected chi connectivity index (χ1v) is 35.1. The van der Waals surface area contributed by atoms with Crippen molar-refractivity contribution in [2.24, 2.45) is 40.5 Å². The second kappa shape index (κ2) is 43.2. The molecule has 572 valence electrons. The molecule has 0 bridgehead atoms. The number of phenols is 1. The Morgan fingerprint density at radius 1 is 0.429 bits per heavy atom. The molecule has 0 fully saturated rings. The summed E-state index contributed by atoms with van der Waals surface area (Å²) in [5.41, 5.74) is 31.3. The summed E-state index contributed by atoms with van der Waals surface area (Å²) >= 11 is 0. The topological polar surface area (TPSA) is 573 Å². The van der Waals surface area contributed by atoms with Crippen molar-refractivity contribution >= 4 is 105 Å². The van der Waals surface area contributed by atoms with Crippen LogP contribution in [-0.2, 0) is 86.4 Å². The molecule has 5 rings (SSSR count). The van der Waals surface area contributed by atoms with Gasteiger partial charge in [-0.25, -0.2) is 0 Å². The van der Waals surface area contributed by atoms with Crippen molar-refractivity contribution in [1.82, 2.24) is 68.5 Å². The van der Waals surface area contributed by atoms with Crippen LogP contribution in [0, 0.1) is 11.8 Å². The molecule has 0 aliphatic rings. The molecular formula is C71H102N18O16. The van der Waals surface area contributed by atoms with E-state index in [2.05, 4.69) is 68.5 Å². The molecule has 0 aliphatic carbocycles. The molecule has 34 heteroatoms. The zero-order valence-corrected chi connectivity index (χ0v) is 59.6. The molecule has 2 heterocycles. The van der Waals surface area contributed by atoms with Gasteiger partial charge in [0, 0.05) is 59.9 Å². The Balaban J connectivity index is 1.37. The molecule has 0 radical (unpaired) electrons. The Bertz CT molecular complexity index is 3810. The van der Waals surface area contributed by atoms with Crippen LogP contribution >= 0.6 is 0 Å². The van der Waals surface area contributed by atoms with E-state index in [-0.39, 0.29) is 95.5 Å². The Morgan fingerprint density at radius 3 is 1.30 bits per heavy atom. The lowest BCUT2D eigenvalue weighted by Gasteiger charge is -2.28. The predicted octanol–water partition coefficient (Wildman–Crippen LogP) is -2.10. The van der Waals surface area contributed by atoms with Crippen LogP contribution in [0.3, 0.4) is 0 Å². The van der Waals surface area contributed by atoms with Crippen LogP contribution in [0.15, 0.2) is 85.2 Å². The van der Waals surface area contributed by atoms with Crippen LogP contribution in [0.1, 0.15) is 121 Å². The van der Waals surface area contributed by atoms with E-state index in [4.69, 9.17) is 28.7 Å². The van der Waals surface area contributed by atoms with E-state index in [1.807, 2.05) is 13.8 Å². The fourth-order valence-corrected chi connectivity index (χ4v) is 11.4. The van der Waals surface area contributed by atoms with Crippen molar-refractivity contribution in [3.63, 3.8) is 0 Å². The molecule has 25 N–H and O–H groups in total. The Kier molecular flexibility index (Phi) is 34.8. The molecule has 105 heavy (non-hydrogen) atoms. The van der Waals surface area contributed by atoms with Crippen molar-refractivity contribution < 1.29 is 77.3 Å². The summed E-state index contributed by atoms with van der Waals surface area (Å²) in [6.07, 6.45) is 2.67. The van der Waals surface area contributed by atoms with Gasteiger partial charge in [-0.05, 0) is 117 Å². The molecule has 0 aliphatic heterocycles. The maximum absolute atomic E-state index is 14.9. The number of carbonyl (C=O) groups is 14. The summed E-state index contributed by atoms with van der Waals surface area (Å²) in [6, 6.07) is 6.27. The number of fused-ring (bicyclic) bond motifs is 2. The number of amides is 13. The quantitative estimate of drug-likeness (QED) is 0.0198. The van der Waals surface area contributed by atoms with Gasteiger partial charge in [-0.3, -0.25) is 67.1 Å². The van der Waals surface area contributed by atoms with Crippen molar-refractivity contribution in [3.8, 4) is 5.75 Å². The largest absolute Gasteiger partial charge is 0.508 e. The lowest BCUT2D eigenvalue weighted by Crippen LogP contribution is -2.60. The minimum absolute atomic E-state index is 0.0275. The Morgan fingerprint density at radius 2 is 0.838 bits per heavy atom. The van der Waals surface area contributed by atoms with Gasteiger partial charge in [0.2, 0.25) is 76.8 Å². The number of hydrogen-bond acceptors (Lipinski definition) is 18. The Hall–Kier alpha value is -11.0. The lowest BCUT2D eigenvalue weighted by molar-refractivity contribution is -0.141.